The van der Waals surface area contributed by atoms with E-state index in [9.17, 15) is 14.4 Å². The quantitative estimate of drug-likeness (QED) is 0.439. The van der Waals surface area contributed by atoms with Gasteiger partial charge in [-0.05, 0) is 58.7 Å². The van der Waals surface area contributed by atoms with E-state index in [0.29, 0.717) is 6.61 Å². The molecule has 186 valence electrons. The summed E-state index contributed by atoms with van der Waals surface area (Å²) < 4.78 is 10.5. The second-order valence-electron chi connectivity index (χ2n) is 9.59. The zero-order valence-corrected chi connectivity index (χ0v) is 20.4. The lowest BCUT2D eigenvalue weighted by molar-refractivity contribution is -0.144. The molecule has 0 radical (unpaired) electrons. The summed E-state index contributed by atoms with van der Waals surface area (Å²) in [5.74, 6) is -0.623. The molecule has 2 heterocycles. The molecular formula is C25H36N4O5. The summed E-state index contributed by atoms with van der Waals surface area (Å²) >= 11 is 0. The van der Waals surface area contributed by atoms with E-state index in [2.05, 4.69) is 20.9 Å². The first kappa shape index (κ1) is 25.6. The average Bonchev–Trinajstić information content (AvgIpc) is 3.16. The Hall–Kier alpha value is -3.07. The number of hydrogen-bond acceptors (Lipinski definition) is 6. The van der Waals surface area contributed by atoms with E-state index in [0.717, 1.165) is 35.9 Å². The molecule has 0 bridgehead atoms. The number of rotatable bonds is 8. The maximum atomic E-state index is 13.4. The molecule has 1 saturated heterocycles. The van der Waals surface area contributed by atoms with Crippen molar-refractivity contribution >= 4 is 28.9 Å². The number of nitrogens with one attached hydrogen (secondary N) is 4. The van der Waals surface area contributed by atoms with Crippen molar-refractivity contribution in [2.24, 2.45) is 0 Å². The van der Waals surface area contributed by atoms with Crippen LogP contribution >= 0.6 is 0 Å². The number of carbonyl (C=O) groups is 3. The Balaban J connectivity index is 1.76. The van der Waals surface area contributed by atoms with Gasteiger partial charge in [0.25, 0.3) is 0 Å². The minimum atomic E-state index is -0.848. The van der Waals surface area contributed by atoms with Gasteiger partial charge in [0.1, 0.15) is 11.6 Å². The molecule has 4 N–H and O–H groups in total. The van der Waals surface area contributed by atoms with E-state index in [1.807, 2.05) is 30.5 Å². The van der Waals surface area contributed by atoms with Gasteiger partial charge in [0.15, 0.2) is 0 Å². The molecule has 3 atom stereocenters. The Kier molecular flexibility index (Phi) is 8.55. The van der Waals surface area contributed by atoms with Gasteiger partial charge in [0.05, 0.1) is 13.0 Å². The predicted molar refractivity (Wildman–Crippen MR) is 129 cm³/mol. The summed E-state index contributed by atoms with van der Waals surface area (Å²) in [6.45, 7) is 8.17. The number of amides is 2. The van der Waals surface area contributed by atoms with Gasteiger partial charge in [-0.15, -0.1) is 0 Å². The molecule has 1 aromatic heterocycles. The number of H-pyrrole nitrogens is 1. The Morgan fingerprint density at radius 3 is 2.71 bits per heavy atom. The fraction of sp³-hybridized carbons (Fsp3) is 0.560. The third kappa shape index (κ3) is 7.21. The van der Waals surface area contributed by atoms with Gasteiger partial charge in [-0.25, -0.2) is 4.79 Å². The number of alkyl carbamates (subject to hydrolysis) is 1. The number of para-hydroxylation sites is 1. The monoisotopic (exact) mass is 472 g/mol. The highest BCUT2D eigenvalue weighted by atomic mass is 16.6. The molecular weight excluding hydrogens is 436 g/mol. The molecule has 1 aliphatic rings. The highest BCUT2D eigenvalue weighted by Crippen LogP contribution is 2.20. The third-order valence-corrected chi connectivity index (χ3v) is 5.71. The highest BCUT2D eigenvalue weighted by molar-refractivity contribution is 5.88. The second-order valence-corrected chi connectivity index (χ2v) is 9.59. The first-order valence-corrected chi connectivity index (χ1v) is 11.9. The molecule has 2 aromatic rings. The standard InChI is InChI=1S/C25H36N4O5/c1-5-33-22(30)14-20-19(11-8-12-26-20)28-23(31)21(29-24(32)34-25(2,3)4)13-16-15-27-18-10-7-6-9-17(16)18/h6-7,9-10,15,19-21,26-27H,5,8,11-14H2,1-4H3,(H,28,31)(H,29,32)/t19-,20-,21+/m1/s1. The minimum Gasteiger partial charge on any atom is -0.466 e. The molecule has 0 aliphatic carbocycles. The maximum absolute atomic E-state index is 13.4. The number of aromatic amines is 1. The molecule has 1 aliphatic heterocycles. The summed E-state index contributed by atoms with van der Waals surface area (Å²) in [6.07, 6.45) is 3.26. The van der Waals surface area contributed by atoms with E-state index < -0.39 is 17.7 Å². The van der Waals surface area contributed by atoms with Gasteiger partial charge in [0.2, 0.25) is 5.91 Å². The van der Waals surface area contributed by atoms with Crippen molar-refractivity contribution in [3.63, 3.8) is 0 Å². The number of fused-ring (bicyclic) bond motifs is 1. The van der Waals surface area contributed by atoms with E-state index in [1.54, 1.807) is 27.7 Å². The Morgan fingerprint density at radius 1 is 1.21 bits per heavy atom. The maximum Gasteiger partial charge on any atom is 0.408 e. The number of piperidine rings is 1. The van der Waals surface area contributed by atoms with Gasteiger partial charge in [0, 0.05) is 35.6 Å². The molecule has 34 heavy (non-hydrogen) atoms. The lowest BCUT2D eigenvalue weighted by Gasteiger charge is -2.34. The number of ether oxygens (including phenoxy) is 2. The Labute approximate surface area is 200 Å². The van der Waals surface area contributed by atoms with Crippen LogP contribution in [-0.2, 0) is 25.5 Å². The molecule has 9 heteroatoms. The zero-order valence-electron chi connectivity index (χ0n) is 20.4. The SMILES string of the molecule is CCOC(=O)C[C@H]1NCCC[C@H]1NC(=O)[C@H](Cc1c[nH]c2ccccc12)NC(=O)OC(C)(C)C. The Morgan fingerprint density at radius 2 is 1.97 bits per heavy atom. The van der Waals surface area contributed by atoms with Crippen molar-refractivity contribution in [1.82, 2.24) is 20.9 Å². The summed E-state index contributed by atoms with van der Waals surface area (Å²) in [6, 6.07) is 6.48. The van der Waals surface area contributed by atoms with Gasteiger partial charge in [-0.1, -0.05) is 18.2 Å². The summed E-state index contributed by atoms with van der Waals surface area (Å²) in [7, 11) is 0. The average molecular weight is 473 g/mol. The van der Waals surface area contributed by atoms with Crippen LogP contribution in [0.2, 0.25) is 0 Å². The lowest BCUT2D eigenvalue weighted by Crippen LogP contribution is -2.58. The minimum absolute atomic E-state index is 0.172. The van der Waals surface area contributed by atoms with Gasteiger partial charge >= 0.3 is 12.1 Å². The van der Waals surface area contributed by atoms with E-state index >= 15 is 0 Å². The van der Waals surface area contributed by atoms with Crippen molar-refractivity contribution < 1.29 is 23.9 Å². The first-order valence-electron chi connectivity index (χ1n) is 11.9. The predicted octanol–water partition coefficient (Wildman–Crippen LogP) is 2.79. The fourth-order valence-electron chi connectivity index (χ4n) is 4.20. The van der Waals surface area contributed by atoms with E-state index in [-0.39, 0.29) is 36.8 Å². The summed E-state index contributed by atoms with van der Waals surface area (Å²) in [5.41, 5.74) is 1.18. The molecule has 0 spiro atoms. The van der Waals surface area contributed by atoms with Crippen molar-refractivity contribution in [1.29, 1.82) is 0 Å². The van der Waals surface area contributed by atoms with Crippen molar-refractivity contribution in [3.05, 3.63) is 36.0 Å². The fourth-order valence-corrected chi connectivity index (χ4v) is 4.20. The van der Waals surface area contributed by atoms with Crippen LogP contribution in [0.3, 0.4) is 0 Å². The van der Waals surface area contributed by atoms with Crippen LogP contribution in [0.5, 0.6) is 0 Å². The summed E-state index contributed by atoms with van der Waals surface area (Å²) in [4.78, 5) is 41.2. The number of esters is 1. The van der Waals surface area contributed by atoms with E-state index in [4.69, 9.17) is 9.47 Å². The van der Waals surface area contributed by atoms with Crippen LogP contribution in [-0.4, -0.2) is 59.8 Å². The smallest absolute Gasteiger partial charge is 0.408 e. The molecule has 1 fully saturated rings. The number of benzene rings is 1. The van der Waals surface area contributed by atoms with Crippen LogP contribution < -0.4 is 16.0 Å². The van der Waals surface area contributed by atoms with Crippen LogP contribution in [0.25, 0.3) is 10.9 Å². The van der Waals surface area contributed by atoms with Crippen LogP contribution in [0.4, 0.5) is 4.79 Å². The second kappa shape index (κ2) is 11.4. The van der Waals surface area contributed by atoms with Crippen molar-refractivity contribution in [2.75, 3.05) is 13.2 Å². The highest BCUT2D eigenvalue weighted by Gasteiger charge is 2.32. The van der Waals surface area contributed by atoms with Crippen LogP contribution in [0, 0.1) is 0 Å². The topological polar surface area (TPSA) is 122 Å². The van der Waals surface area contributed by atoms with Gasteiger partial charge in [-0.2, -0.15) is 0 Å². The van der Waals surface area contributed by atoms with Gasteiger partial charge < -0.3 is 30.4 Å². The molecule has 3 rings (SSSR count). The normalized spacial score (nSPS) is 19.3. The number of aromatic nitrogens is 1. The lowest BCUT2D eigenvalue weighted by atomic mass is 9.95. The molecule has 2 amide bonds. The van der Waals surface area contributed by atoms with Crippen LogP contribution in [0.15, 0.2) is 30.5 Å². The summed E-state index contributed by atoms with van der Waals surface area (Å²) in [5, 5.41) is 10.1. The van der Waals surface area contributed by atoms with E-state index in [1.165, 1.54) is 0 Å². The molecule has 9 nitrogen and oxygen atoms in total. The Bertz CT molecular complexity index is 997. The molecule has 0 saturated carbocycles. The third-order valence-electron chi connectivity index (χ3n) is 5.71. The van der Waals surface area contributed by atoms with Gasteiger partial charge in [-0.3, -0.25) is 9.59 Å². The molecule has 1 aromatic carbocycles. The van der Waals surface area contributed by atoms with Crippen molar-refractivity contribution in [3.8, 4) is 0 Å². The zero-order chi connectivity index (χ0) is 24.7. The van der Waals surface area contributed by atoms with Crippen molar-refractivity contribution in [2.45, 2.75) is 77.1 Å². The van der Waals surface area contributed by atoms with Crippen LogP contribution in [0.1, 0.15) is 52.5 Å². The molecule has 0 unspecified atom stereocenters. The number of carbonyl (C=O) groups excluding carboxylic acids is 3. The first-order chi connectivity index (χ1) is 16.2. The number of hydrogen-bond donors (Lipinski definition) is 4. The largest absolute Gasteiger partial charge is 0.466 e.